The van der Waals surface area contributed by atoms with Crippen molar-refractivity contribution < 1.29 is 10.2 Å². The summed E-state index contributed by atoms with van der Waals surface area (Å²) in [5.74, 6) is -0.0858. The van der Waals surface area contributed by atoms with Gasteiger partial charge >= 0.3 is 0 Å². The molecule has 21 heavy (non-hydrogen) atoms. The van der Waals surface area contributed by atoms with Crippen molar-refractivity contribution in [3.05, 3.63) is 53.6 Å². The van der Waals surface area contributed by atoms with E-state index in [2.05, 4.69) is 36.2 Å². The molecule has 1 aliphatic rings. The summed E-state index contributed by atoms with van der Waals surface area (Å²) in [4.78, 5) is 2.37. The molecule has 2 aromatic carbocycles. The summed E-state index contributed by atoms with van der Waals surface area (Å²) in [5, 5.41) is 18.9. The van der Waals surface area contributed by atoms with E-state index < -0.39 is 0 Å². The summed E-state index contributed by atoms with van der Waals surface area (Å²) in [6.45, 7) is 0. The monoisotopic (exact) mass is 283 g/mol. The molecule has 1 aliphatic heterocycles. The Labute approximate surface area is 125 Å². The molecule has 0 amide bonds. The van der Waals surface area contributed by atoms with Gasteiger partial charge in [0.2, 0.25) is 0 Å². The van der Waals surface area contributed by atoms with Crippen molar-refractivity contribution >= 4 is 5.69 Å². The van der Waals surface area contributed by atoms with E-state index in [1.165, 1.54) is 11.3 Å². The average Bonchev–Trinajstić information content (AvgIpc) is 2.50. The predicted molar refractivity (Wildman–Crippen MR) is 85.0 cm³/mol. The second kappa shape index (κ2) is 5.68. The van der Waals surface area contributed by atoms with E-state index in [0.29, 0.717) is 6.04 Å². The third-order valence-corrected chi connectivity index (χ3v) is 4.47. The number of aryl methyl sites for hydroxylation is 2. The first-order valence-electron chi connectivity index (χ1n) is 7.47. The molecule has 3 heteroatoms. The second-order valence-electron chi connectivity index (χ2n) is 5.79. The molecule has 0 saturated carbocycles. The van der Waals surface area contributed by atoms with E-state index in [4.69, 9.17) is 0 Å². The van der Waals surface area contributed by atoms with Crippen molar-refractivity contribution in [2.45, 2.75) is 31.7 Å². The van der Waals surface area contributed by atoms with Crippen LogP contribution >= 0.6 is 0 Å². The van der Waals surface area contributed by atoms with Crippen LogP contribution in [0.2, 0.25) is 0 Å². The summed E-state index contributed by atoms with van der Waals surface area (Å²) < 4.78 is 0. The molecule has 2 N–H and O–H groups in total. The van der Waals surface area contributed by atoms with E-state index in [1.807, 2.05) is 6.07 Å². The zero-order valence-corrected chi connectivity index (χ0v) is 12.3. The Morgan fingerprint density at radius 3 is 2.71 bits per heavy atom. The van der Waals surface area contributed by atoms with Gasteiger partial charge in [-0.1, -0.05) is 24.3 Å². The fraction of sp³-hybridized carbons (Fsp3) is 0.333. The van der Waals surface area contributed by atoms with Crippen molar-refractivity contribution in [1.82, 2.24) is 0 Å². The molecule has 1 unspecified atom stereocenters. The van der Waals surface area contributed by atoms with Crippen LogP contribution in [0.25, 0.3) is 0 Å². The number of hydrogen-bond acceptors (Lipinski definition) is 3. The quantitative estimate of drug-likeness (QED) is 0.848. The zero-order valence-electron chi connectivity index (χ0n) is 12.3. The van der Waals surface area contributed by atoms with Crippen LogP contribution in [0.1, 0.15) is 24.0 Å². The summed E-state index contributed by atoms with van der Waals surface area (Å²) >= 11 is 0. The first kappa shape index (κ1) is 13.8. The van der Waals surface area contributed by atoms with E-state index >= 15 is 0 Å². The first-order valence-corrected chi connectivity index (χ1v) is 7.47. The molecule has 1 heterocycles. The molecular weight excluding hydrogens is 262 g/mol. The van der Waals surface area contributed by atoms with Crippen molar-refractivity contribution in [3.63, 3.8) is 0 Å². The molecular formula is C18H21NO2. The Balaban J connectivity index is 1.68. The maximum absolute atomic E-state index is 9.56. The predicted octanol–water partition coefficient (Wildman–Crippen LogP) is 3.48. The van der Waals surface area contributed by atoms with Gasteiger partial charge in [-0.25, -0.2) is 0 Å². The third-order valence-electron chi connectivity index (χ3n) is 4.47. The maximum atomic E-state index is 9.56. The van der Waals surface area contributed by atoms with Crippen molar-refractivity contribution in [2.24, 2.45) is 0 Å². The van der Waals surface area contributed by atoms with Crippen LogP contribution < -0.4 is 4.90 Å². The SMILES string of the molecule is CN1c2ccccc2CCC1CCc1ccc(O)c(O)c1. The van der Waals surface area contributed by atoms with E-state index in [1.54, 1.807) is 12.1 Å². The number of rotatable bonds is 3. The normalized spacial score (nSPS) is 17.6. The number of hydrogen-bond donors (Lipinski definition) is 2. The molecule has 2 aromatic rings. The number of anilines is 1. The highest BCUT2D eigenvalue weighted by Crippen LogP contribution is 2.31. The summed E-state index contributed by atoms with van der Waals surface area (Å²) in [6, 6.07) is 14.2. The number of nitrogens with zero attached hydrogens (tertiary/aromatic N) is 1. The van der Waals surface area contributed by atoms with Crippen LogP contribution in [0, 0.1) is 0 Å². The minimum atomic E-state index is -0.0533. The van der Waals surface area contributed by atoms with Crippen molar-refractivity contribution in [2.75, 3.05) is 11.9 Å². The Kier molecular flexibility index (Phi) is 3.74. The largest absolute Gasteiger partial charge is 0.504 e. The van der Waals surface area contributed by atoms with Gasteiger partial charge in [-0.05, 0) is 55.0 Å². The average molecular weight is 283 g/mol. The van der Waals surface area contributed by atoms with Gasteiger partial charge in [-0.15, -0.1) is 0 Å². The molecule has 110 valence electrons. The molecule has 0 bridgehead atoms. The summed E-state index contributed by atoms with van der Waals surface area (Å²) in [6.07, 6.45) is 4.25. The van der Waals surface area contributed by atoms with E-state index in [9.17, 15) is 10.2 Å². The Hall–Kier alpha value is -2.16. The van der Waals surface area contributed by atoms with Crippen LogP contribution in [0.3, 0.4) is 0 Å². The van der Waals surface area contributed by atoms with Gasteiger partial charge < -0.3 is 15.1 Å². The number of benzene rings is 2. The minimum Gasteiger partial charge on any atom is -0.504 e. The number of phenols is 2. The van der Waals surface area contributed by atoms with Crippen LogP contribution in [0.4, 0.5) is 5.69 Å². The minimum absolute atomic E-state index is 0.0326. The maximum Gasteiger partial charge on any atom is 0.157 e. The molecule has 0 spiro atoms. The lowest BCUT2D eigenvalue weighted by Crippen LogP contribution is -2.36. The fourth-order valence-corrected chi connectivity index (χ4v) is 3.17. The fourth-order valence-electron chi connectivity index (χ4n) is 3.17. The Morgan fingerprint density at radius 2 is 1.90 bits per heavy atom. The van der Waals surface area contributed by atoms with Crippen LogP contribution in [-0.4, -0.2) is 23.3 Å². The number of aromatic hydroxyl groups is 2. The molecule has 0 saturated heterocycles. The zero-order chi connectivity index (χ0) is 14.8. The Bertz CT molecular complexity index is 639. The van der Waals surface area contributed by atoms with Crippen molar-refractivity contribution in [1.29, 1.82) is 0 Å². The molecule has 0 aromatic heterocycles. The standard InChI is InChI=1S/C18H21NO2/c1-19-15(10-8-14-4-2-3-5-16(14)19)9-6-13-7-11-17(20)18(21)12-13/h2-5,7,11-12,15,20-21H,6,8-10H2,1H3. The number of fused-ring (bicyclic) bond motifs is 1. The number of para-hydroxylation sites is 1. The molecule has 3 nitrogen and oxygen atoms in total. The van der Waals surface area contributed by atoms with Gasteiger partial charge in [-0.2, -0.15) is 0 Å². The van der Waals surface area contributed by atoms with E-state index in [0.717, 1.165) is 31.2 Å². The molecule has 1 atom stereocenters. The van der Waals surface area contributed by atoms with Gasteiger partial charge in [0, 0.05) is 18.8 Å². The van der Waals surface area contributed by atoms with Gasteiger partial charge in [0.05, 0.1) is 0 Å². The Morgan fingerprint density at radius 1 is 1.10 bits per heavy atom. The third kappa shape index (κ3) is 2.82. The topological polar surface area (TPSA) is 43.7 Å². The van der Waals surface area contributed by atoms with Gasteiger partial charge in [0.25, 0.3) is 0 Å². The second-order valence-corrected chi connectivity index (χ2v) is 5.79. The van der Waals surface area contributed by atoms with E-state index in [-0.39, 0.29) is 11.5 Å². The lowest BCUT2D eigenvalue weighted by atomic mass is 9.92. The van der Waals surface area contributed by atoms with Crippen molar-refractivity contribution in [3.8, 4) is 11.5 Å². The smallest absolute Gasteiger partial charge is 0.157 e. The highest BCUT2D eigenvalue weighted by Gasteiger charge is 2.22. The summed E-state index contributed by atoms with van der Waals surface area (Å²) in [7, 11) is 2.16. The lowest BCUT2D eigenvalue weighted by molar-refractivity contribution is 0.403. The highest BCUT2D eigenvalue weighted by molar-refractivity contribution is 5.55. The van der Waals surface area contributed by atoms with Crippen LogP contribution in [0.15, 0.2) is 42.5 Å². The lowest BCUT2D eigenvalue weighted by Gasteiger charge is -2.36. The number of phenolic OH excluding ortho intramolecular Hbond substituents is 2. The van der Waals surface area contributed by atoms with Gasteiger partial charge in [-0.3, -0.25) is 0 Å². The van der Waals surface area contributed by atoms with Crippen LogP contribution in [-0.2, 0) is 12.8 Å². The van der Waals surface area contributed by atoms with Gasteiger partial charge in [0.15, 0.2) is 11.5 Å². The molecule has 0 fully saturated rings. The first-order chi connectivity index (χ1) is 10.1. The van der Waals surface area contributed by atoms with Crippen LogP contribution in [0.5, 0.6) is 11.5 Å². The highest BCUT2D eigenvalue weighted by atomic mass is 16.3. The molecule has 0 radical (unpaired) electrons. The molecule has 0 aliphatic carbocycles. The van der Waals surface area contributed by atoms with Gasteiger partial charge in [0.1, 0.15) is 0 Å². The summed E-state index contributed by atoms with van der Waals surface area (Å²) in [5.41, 5.74) is 3.83. The molecule has 3 rings (SSSR count).